The van der Waals surface area contributed by atoms with Crippen LogP contribution >= 0.6 is 34.4 Å². The van der Waals surface area contributed by atoms with Crippen molar-refractivity contribution in [1.82, 2.24) is 20.4 Å². The fraction of sp³-hybridized carbons (Fsp3) is 0.250. The Morgan fingerprint density at radius 3 is 2.48 bits per heavy atom. The summed E-state index contributed by atoms with van der Waals surface area (Å²) in [6.45, 7) is 1.81. The topological polar surface area (TPSA) is 128 Å². The van der Waals surface area contributed by atoms with Crippen LogP contribution in [0.3, 0.4) is 0 Å². The lowest BCUT2D eigenvalue weighted by Crippen LogP contribution is -2.13. The summed E-state index contributed by atoms with van der Waals surface area (Å²) in [5.41, 5.74) is 0.308. The van der Waals surface area contributed by atoms with Crippen molar-refractivity contribution in [3.63, 3.8) is 0 Å². The number of amides is 2. The predicted molar refractivity (Wildman–Crippen MR) is 111 cm³/mol. The zero-order valence-electron chi connectivity index (χ0n) is 15.6. The van der Waals surface area contributed by atoms with Gasteiger partial charge < -0.3 is 9.47 Å². The van der Waals surface area contributed by atoms with E-state index in [1.54, 1.807) is 25.1 Å². The number of rotatable bonds is 8. The Bertz CT molecular complexity index is 1020. The number of para-hydroxylation sites is 1. The molecule has 3 aromatic rings. The molecule has 2 aromatic heterocycles. The quantitative estimate of drug-likeness (QED) is 0.391. The van der Waals surface area contributed by atoms with Crippen LogP contribution in [0.2, 0.25) is 0 Å². The molecule has 1 aromatic carbocycles. The van der Waals surface area contributed by atoms with Crippen LogP contribution in [0.4, 0.5) is 10.3 Å². The van der Waals surface area contributed by atoms with E-state index >= 15 is 0 Å². The van der Waals surface area contributed by atoms with Crippen LogP contribution in [-0.4, -0.2) is 52.2 Å². The Balaban J connectivity index is 1.57. The van der Waals surface area contributed by atoms with E-state index in [1.165, 1.54) is 37.3 Å². The van der Waals surface area contributed by atoms with Crippen LogP contribution in [-0.2, 0) is 4.79 Å². The van der Waals surface area contributed by atoms with Crippen molar-refractivity contribution in [1.29, 1.82) is 0 Å². The van der Waals surface area contributed by atoms with Gasteiger partial charge in [0.15, 0.2) is 15.8 Å². The Labute approximate surface area is 178 Å². The summed E-state index contributed by atoms with van der Waals surface area (Å²) >= 11 is 3.67. The SMILES string of the molecule is COc1cccc(C(=O)Nc2nnc(SCC(=O)Nc3nnc(C)s3)s2)c1OC. The van der Waals surface area contributed by atoms with E-state index in [4.69, 9.17) is 9.47 Å². The Morgan fingerprint density at radius 2 is 1.79 bits per heavy atom. The van der Waals surface area contributed by atoms with Crippen molar-refractivity contribution < 1.29 is 19.1 Å². The number of nitrogens with zero attached hydrogens (tertiary/aromatic N) is 4. The van der Waals surface area contributed by atoms with Gasteiger partial charge >= 0.3 is 0 Å². The van der Waals surface area contributed by atoms with Crippen molar-refractivity contribution in [3.05, 3.63) is 28.8 Å². The average Bonchev–Trinajstić information content (AvgIpc) is 3.34. The fourth-order valence-corrected chi connectivity index (χ4v) is 4.33. The molecule has 0 unspecified atom stereocenters. The van der Waals surface area contributed by atoms with E-state index in [2.05, 4.69) is 31.0 Å². The zero-order chi connectivity index (χ0) is 20.8. The first-order chi connectivity index (χ1) is 14.0. The summed E-state index contributed by atoms with van der Waals surface area (Å²) in [5.74, 6) is 0.275. The third kappa shape index (κ3) is 5.40. The minimum absolute atomic E-state index is 0.130. The number of carbonyl (C=O) groups excluding carboxylic acids is 2. The molecule has 0 aliphatic heterocycles. The first kappa shape index (κ1) is 21.0. The van der Waals surface area contributed by atoms with Gasteiger partial charge in [-0.2, -0.15) is 0 Å². The molecule has 0 saturated carbocycles. The van der Waals surface area contributed by atoms with Gasteiger partial charge in [-0.15, -0.1) is 20.4 Å². The number of hydrogen-bond acceptors (Lipinski definition) is 11. The standard InChI is InChI=1S/C16H16N6O4S3/c1-8-19-20-14(28-8)17-11(23)7-27-16-22-21-15(29-16)18-13(24)9-5-4-6-10(25-2)12(9)26-3/h4-6H,7H2,1-3H3,(H,17,20,23)(H,18,21,24). The number of aromatic nitrogens is 4. The lowest BCUT2D eigenvalue weighted by molar-refractivity contribution is -0.113. The Kier molecular flexibility index (Phi) is 6.95. The van der Waals surface area contributed by atoms with E-state index in [9.17, 15) is 9.59 Å². The third-order valence-corrected chi connectivity index (χ3v) is 6.10. The van der Waals surface area contributed by atoms with Gasteiger partial charge in [0.25, 0.3) is 5.91 Å². The van der Waals surface area contributed by atoms with E-state index < -0.39 is 5.91 Å². The zero-order valence-corrected chi connectivity index (χ0v) is 18.0. The van der Waals surface area contributed by atoms with Gasteiger partial charge in [-0.1, -0.05) is 40.5 Å². The van der Waals surface area contributed by atoms with Crippen LogP contribution in [0.25, 0.3) is 0 Å². The molecule has 0 atom stereocenters. The van der Waals surface area contributed by atoms with Gasteiger partial charge in [0, 0.05) is 0 Å². The molecule has 0 bridgehead atoms. The number of benzene rings is 1. The number of aryl methyl sites for hydroxylation is 1. The number of hydrogen-bond donors (Lipinski definition) is 2. The monoisotopic (exact) mass is 452 g/mol. The summed E-state index contributed by atoms with van der Waals surface area (Å²) in [7, 11) is 2.96. The molecular weight excluding hydrogens is 436 g/mol. The average molecular weight is 453 g/mol. The van der Waals surface area contributed by atoms with Crippen molar-refractivity contribution in [2.75, 3.05) is 30.6 Å². The second-order valence-electron chi connectivity index (χ2n) is 5.33. The van der Waals surface area contributed by atoms with Gasteiger partial charge in [0.05, 0.1) is 25.5 Å². The van der Waals surface area contributed by atoms with Gasteiger partial charge in [-0.3, -0.25) is 20.2 Å². The van der Waals surface area contributed by atoms with Crippen molar-refractivity contribution in [2.45, 2.75) is 11.3 Å². The molecule has 2 amide bonds. The minimum Gasteiger partial charge on any atom is -0.493 e. The van der Waals surface area contributed by atoms with Crippen LogP contribution < -0.4 is 20.1 Å². The van der Waals surface area contributed by atoms with Gasteiger partial charge in [-0.05, 0) is 19.1 Å². The number of methoxy groups -OCH3 is 2. The highest BCUT2D eigenvalue weighted by Gasteiger charge is 2.18. The van der Waals surface area contributed by atoms with E-state index in [1.807, 2.05) is 0 Å². The molecule has 0 fully saturated rings. The molecule has 3 rings (SSSR count). The number of ether oxygens (including phenoxy) is 2. The van der Waals surface area contributed by atoms with Crippen LogP contribution in [0.1, 0.15) is 15.4 Å². The van der Waals surface area contributed by atoms with Gasteiger partial charge in [0.1, 0.15) is 5.01 Å². The molecule has 0 radical (unpaired) electrons. The van der Waals surface area contributed by atoms with Crippen molar-refractivity contribution >= 4 is 56.5 Å². The van der Waals surface area contributed by atoms with E-state index in [0.29, 0.717) is 31.7 Å². The first-order valence-corrected chi connectivity index (χ1v) is 10.7. The van der Waals surface area contributed by atoms with Crippen molar-refractivity contribution in [3.8, 4) is 11.5 Å². The molecule has 29 heavy (non-hydrogen) atoms. The molecule has 152 valence electrons. The molecule has 2 N–H and O–H groups in total. The van der Waals surface area contributed by atoms with Crippen LogP contribution in [0.5, 0.6) is 11.5 Å². The summed E-state index contributed by atoms with van der Waals surface area (Å²) in [6, 6.07) is 5.01. The maximum atomic E-state index is 12.6. The second kappa shape index (κ2) is 9.62. The number of nitrogens with one attached hydrogen (secondary N) is 2. The third-order valence-electron chi connectivity index (χ3n) is 3.37. The Hall–Kier alpha value is -2.77. The summed E-state index contributed by atoms with van der Waals surface area (Å²) < 4.78 is 11.0. The largest absolute Gasteiger partial charge is 0.493 e. The summed E-state index contributed by atoms with van der Waals surface area (Å²) in [5, 5.41) is 22.5. The highest BCUT2D eigenvalue weighted by Crippen LogP contribution is 2.32. The molecule has 0 saturated heterocycles. The molecule has 0 spiro atoms. The first-order valence-electron chi connectivity index (χ1n) is 8.08. The number of thioether (sulfide) groups is 1. The lowest BCUT2D eigenvalue weighted by atomic mass is 10.1. The maximum absolute atomic E-state index is 12.6. The van der Waals surface area contributed by atoms with E-state index in [0.717, 1.165) is 16.3 Å². The molecule has 13 heteroatoms. The van der Waals surface area contributed by atoms with Gasteiger partial charge in [-0.25, -0.2) is 0 Å². The molecule has 0 aliphatic carbocycles. The maximum Gasteiger partial charge on any atom is 0.261 e. The van der Waals surface area contributed by atoms with Crippen molar-refractivity contribution in [2.24, 2.45) is 0 Å². The van der Waals surface area contributed by atoms with E-state index in [-0.39, 0.29) is 11.7 Å². The summed E-state index contributed by atoms with van der Waals surface area (Å²) in [4.78, 5) is 24.5. The minimum atomic E-state index is -0.405. The number of carbonyl (C=O) groups is 2. The van der Waals surface area contributed by atoms with Crippen LogP contribution in [0.15, 0.2) is 22.5 Å². The number of anilines is 2. The second-order valence-corrected chi connectivity index (χ2v) is 8.71. The molecule has 0 aliphatic rings. The highest BCUT2D eigenvalue weighted by molar-refractivity contribution is 8.01. The van der Waals surface area contributed by atoms with Gasteiger partial charge in [0.2, 0.25) is 16.2 Å². The van der Waals surface area contributed by atoms with Crippen LogP contribution in [0, 0.1) is 6.92 Å². The highest BCUT2D eigenvalue weighted by atomic mass is 32.2. The Morgan fingerprint density at radius 1 is 1.03 bits per heavy atom. The fourth-order valence-electron chi connectivity index (χ4n) is 2.18. The normalized spacial score (nSPS) is 10.4. The predicted octanol–water partition coefficient (Wildman–Crippen LogP) is 2.70. The molecular formula is C16H16N6O4S3. The lowest BCUT2D eigenvalue weighted by Gasteiger charge is -2.11. The molecule has 2 heterocycles. The smallest absolute Gasteiger partial charge is 0.261 e. The summed E-state index contributed by atoms with van der Waals surface area (Å²) in [6.07, 6.45) is 0. The molecule has 10 nitrogen and oxygen atoms in total.